The fraction of sp³-hybridized carbons (Fsp3) is 0.455. The van der Waals surface area contributed by atoms with E-state index in [2.05, 4.69) is 66.8 Å². The summed E-state index contributed by atoms with van der Waals surface area (Å²) < 4.78 is 5.15. The first kappa shape index (κ1) is 26.4. The van der Waals surface area contributed by atoms with Gasteiger partial charge in [-0.1, -0.05) is 61.0 Å². The van der Waals surface area contributed by atoms with Gasteiger partial charge in [-0.3, -0.25) is 9.59 Å². The van der Waals surface area contributed by atoms with Crippen LogP contribution in [0, 0.1) is 5.92 Å². The Kier molecular flexibility index (Phi) is 8.43. The molecule has 1 heterocycles. The first-order valence-electron chi connectivity index (χ1n) is 14.3. The Morgan fingerprint density at radius 2 is 1.68 bits per heavy atom. The van der Waals surface area contributed by atoms with E-state index in [0.717, 1.165) is 12.0 Å². The molecule has 1 N–H and O–H groups in total. The highest BCUT2D eigenvalue weighted by atomic mass is 16.5. The van der Waals surface area contributed by atoms with Crippen LogP contribution in [0.15, 0.2) is 66.7 Å². The van der Waals surface area contributed by atoms with Crippen molar-refractivity contribution < 1.29 is 14.3 Å². The molecule has 0 aromatic heterocycles. The van der Waals surface area contributed by atoms with Crippen LogP contribution in [0.4, 0.5) is 0 Å². The lowest BCUT2D eigenvalue weighted by molar-refractivity contribution is -0.149. The number of nitrogens with one attached hydrogen (secondary N) is 1. The van der Waals surface area contributed by atoms with Crippen molar-refractivity contribution in [2.45, 2.75) is 70.4 Å². The van der Waals surface area contributed by atoms with E-state index in [0.29, 0.717) is 44.5 Å². The van der Waals surface area contributed by atoms with Crippen LogP contribution in [-0.4, -0.2) is 42.5 Å². The number of esters is 1. The second-order valence-electron chi connectivity index (χ2n) is 11.0. The van der Waals surface area contributed by atoms with Crippen LogP contribution in [-0.2, 0) is 9.53 Å². The van der Waals surface area contributed by atoms with Gasteiger partial charge in [-0.15, -0.1) is 0 Å². The Hall–Kier alpha value is -3.18. The van der Waals surface area contributed by atoms with Gasteiger partial charge >= 0.3 is 5.97 Å². The second kappa shape index (κ2) is 12.1. The number of rotatable bonds is 7. The Morgan fingerprint density at radius 1 is 0.947 bits per heavy atom. The minimum atomic E-state index is -0.129. The molecule has 5 rings (SSSR count). The van der Waals surface area contributed by atoms with Crippen LogP contribution in [0.2, 0.25) is 0 Å². The number of amides is 1. The number of hydrogen-bond acceptors (Lipinski definition) is 4. The first-order valence-corrected chi connectivity index (χ1v) is 14.3. The molecule has 2 unspecified atom stereocenters. The van der Waals surface area contributed by atoms with Crippen LogP contribution in [0.5, 0.6) is 0 Å². The summed E-state index contributed by atoms with van der Waals surface area (Å²) in [6.07, 6.45) is 6.07. The van der Waals surface area contributed by atoms with Crippen molar-refractivity contribution in [2.24, 2.45) is 5.92 Å². The summed E-state index contributed by atoms with van der Waals surface area (Å²) in [5.74, 6) is 0.352. The van der Waals surface area contributed by atoms with E-state index in [1.54, 1.807) is 0 Å². The molecule has 3 atom stereocenters. The van der Waals surface area contributed by atoms with Crippen LogP contribution in [0.1, 0.15) is 85.8 Å². The highest BCUT2D eigenvalue weighted by molar-refractivity contribution is 5.94. The van der Waals surface area contributed by atoms with E-state index in [4.69, 9.17) is 4.74 Å². The highest BCUT2D eigenvalue weighted by Gasteiger charge is 2.29. The largest absolute Gasteiger partial charge is 0.466 e. The summed E-state index contributed by atoms with van der Waals surface area (Å²) in [5.41, 5.74) is 3.42. The molecular formula is C33H40N2O3. The van der Waals surface area contributed by atoms with Crippen molar-refractivity contribution in [3.8, 4) is 0 Å². The third-order valence-electron chi connectivity index (χ3n) is 8.48. The maximum Gasteiger partial charge on any atom is 0.309 e. The van der Waals surface area contributed by atoms with E-state index in [9.17, 15) is 9.59 Å². The SMILES string of the molecule is CCOC(=O)C1CCN(C(=O)c2ccc(C3CCCC(N[C@H](C)c4cccc5ccccc45)C3)cc2)CC1. The summed E-state index contributed by atoms with van der Waals surface area (Å²) in [4.78, 5) is 27.0. The number of fused-ring (bicyclic) bond motifs is 1. The number of carbonyl (C=O) groups excluding carboxylic acids is 2. The number of piperidine rings is 1. The molecule has 3 aromatic carbocycles. The lowest BCUT2D eigenvalue weighted by atomic mass is 9.80. The fourth-order valence-corrected chi connectivity index (χ4v) is 6.37. The topological polar surface area (TPSA) is 58.6 Å². The maximum atomic E-state index is 13.1. The van der Waals surface area contributed by atoms with Crippen LogP contribution in [0.25, 0.3) is 10.8 Å². The second-order valence-corrected chi connectivity index (χ2v) is 11.0. The summed E-state index contributed by atoms with van der Waals surface area (Å²) >= 11 is 0. The zero-order valence-corrected chi connectivity index (χ0v) is 22.7. The van der Waals surface area contributed by atoms with Gasteiger partial charge in [-0.2, -0.15) is 0 Å². The first-order chi connectivity index (χ1) is 18.5. The molecule has 2 aliphatic rings. The quantitative estimate of drug-likeness (QED) is 0.361. The molecule has 5 nitrogen and oxygen atoms in total. The van der Waals surface area contributed by atoms with E-state index in [1.807, 2.05) is 24.0 Å². The fourth-order valence-electron chi connectivity index (χ4n) is 6.37. The van der Waals surface area contributed by atoms with Crippen molar-refractivity contribution in [2.75, 3.05) is 19.7 Å². The van der Waals surface area contributed by atoms with Gasteiger partial charge in [0.1, 0.15) is 0 Å². The molecule has 1 saturated carbocycles. The zero-order valence-electron chi connectivity index (χ0n) is 22.7. The van der Waals surface area contributed by atoms with Gasteiger partial charge in [0.2, 0.25) is 0 Å². The summed E-state index contributed by atoms with van der Waals surface area (Å²) in [6, 6.07) is 24.3. The zero-order chi connectivity index (χ0) is 26.5. The summed E-state index contributed by atoms with van der Waals surface area (Å²) in [6.45, 7) is 5.73. The van der Waals surface area contributed by atoms with Gasteiger partial charge in [0, 0.05) is 30.7 Å². The smallest absolute Gasteiger partial charge is 0.309 e. The highest BCUT2D eigenvalue weighted by Crippen LogP contribution is 2.35. The molecule has 2 fully saturated rings. The van der Waals surface area contributed by atoms with Crippen molar-refractivity contribution >= 4 is 22.6 Å². The molecule has 0 bridgehead atoms. The van der Waals surface area contributed by atoms with Crippen molar-refractivity contribution in [3.05, 3.63) is 83.4 Å². The molecule has 3 aromatic rings. The monoisotopic (exact) mass is 512 g/mol. The van der Waals surface area contributed by atoms with Crippen LogP contribution < -0.4 is 5.32 Å². The minimum absolute atomic E-state index is 0.0611. The van der Waals surface area contributed by atoms with Gasteiger partial charge in [-0.05, 0) is 85.9 Å². The van der Waals surface area contributed by atoms with Crippen molar-refractivity contribution in [1.29, 1.82) is 0 Å². The Labute approximate surface area is 226 Å². The lowest BCUT2D eigenvalue weighted by Gasteiger charge is -2.33. The number of nitrogens with zero attached hydrogens (tertiary/aromatic N) is 1. The summed E-state index contributed by atoms with van der Waals surface area (Å²) in [5, 5.41) is 6.54. The molecule has 38 heavy (non-hydrogen) atoms. The average Bonchev–Trinajstić information content (AvgIpc) is 2.97. The van der Waals surface area contributed by atoms with Crippen LogP contribution in [0.3, 0.4) is 0 Å². The molecule has 0 radical (unpaired) electrons. The van der Waals surface area contributed by atoms with Gasteiger partial charge in [0.05, 0.1) is 12.5 Å². The number of likely N-dealkylation sites (tertiary alicyclic amines) is 1. The standard InChI is InChI=1S/C33H40N2O3/c1-3-38-33(37)27-18-20-35(21-19-27)32(36)26-16-14-24(15-17-26)28-10-6-11-29(22-28)34-23(2)30-13-7-9-25-8-4-5-12-31(25)30/h4-5,7-9,12-17,23,27-29,34H,3,6,10-11,18-22H2,1-2H3/t23-,28?,29?/m1/s1. The third kappa shape index (κ3) is 5.94. The number of ether oxygens (including phenoxy) is 1. The molecule has 1 aliphatic carbocycles. The lowest BCUT2D eigenvalue weighted by Crippen LogP contribution is -2.40. The number of carbonyl (C=O) groups is 2. The van der Waals surface area contributed by atoms with E-state index < -0.39 is 0 Å². The van der Waals surface area contributed by atoms with Crippen LogP contribution >= 0.6 is 0 Å². The Bertz CT molecular complexity index is 1240. The maximum absolute atomic E-state index is 13.1. The van der Waals surface area contributed by atoms with E-state index in [1.165, 1.54) is 41.2 Å². The summed E-state index contributed by atoms with van der Waals surface area (Å²) in [7, 11) is 0. The molecule has 5 heteroatoms. The third-order valence-corrected chi connectivity index (χ3v) is 8.48. The van der Waals surface area contributed by atoms with Gasteiger partial charge in [0.25, 0.3) is 5.91 Å². The molecule has 1 aliphatic heterocycles. The molecule has 1 saturated heterocycles. The minimum Gasteiger partial charge on any atom is -0.466 e. The van der Waals surface area contributed by atoms with Crippen molar-refractivity contribution in [3.63, 3.8) is 0 Å². The molecule has 200 valence electrons. The van der Waals surface area contributed by atoms with E-state index in [-0.39, 0.29) is 23.8 Å². The van der Waals surface area contributed by atoms with Crippen molar-refractivity contribution in [1.82, 2.24) is 10.2 Å². The molecular weight excluding hydrogens is 472 g/mol. The average molecular weight is 513 g/mol. The van der Waals surface area contributed by atoms with Gasteiger partial charge < -0.3 is 15.0 Å². The van der Waals surface area contributed by atoms with Gasteiger partial charge in [-0.25, -0.2) is 0 Å². The van der Waals surface area contributed by atoms with E-state index >= 15 is 0 Å². The predicted octanol–water partition coefficient (Wildman–Crippen LogP) is 6.63. The Morgan fingerprint density at radius 3 is 2.45 bits per heavy atom. The van der Waals surface area contributed by atoms with Gasteiger partial charge in [0.15, 0.2) is 0 Å². The Balaban J connectivity index is 1.17. The number of benzene rings is 3. The molecule has 1 amide bonds. The predicted molar refractivity (Wildman–Crippen MR) is 152 cm³/mol. The normalized spacial score (nSPS) is 21.3. The molecule has 0 spiro atoms. The number of hydrogen-bond donors (Lipinski definition) is 1.